The Hall–Kier alpha value is -3.19. The highest BCUT2D eigenvalue weighted by Crippen LogP contribution is 2.15. The number of anilines is 1. The monoisotopic (exact) mass is 494 g/mol. The number of nitrogens with two attached hydrogens (primary N) is 1. The topological polar surface area (TPSA) is 105 Å². The van der Waals surface area contributed by atoms with Crippen LogP contribution >= 0.6 is 0 Å². The molecule has 0 radical (unpaired) electrons. The number of carbonyl (C=O) groups is 3. The number of likely N-dealkylation sites (tertiary alicyclic amines) is 1. The summed E-state index contributed by atoms with van der Waals surface area (Å²) in [5.74, 6) is -0.547. The molecule has 1 aliphatic rings. The Bertz CT molecular complexity index is 975. The number of unbranched alkanes of at least 4 members (excludes halogenated alkanes) is 1. The van der Waals surface area contributed by atoms with Gasteiger partial charge in [0.1, 0.15) is 6.04 Å². The molecule has 1 saturated heterocycles. The molecule has 7 nitrogen and oxygen atoms in total. The molecule has 0 saturated carbocycles. The maximum Gasteiger partial charge on any atom is 0.245 e. The Labute approximate surface area is 215 Å². The summed E-state index contributed by atoms with van der Waals surface area (Å²) in [7, 11) is 0. The van der Waals surface area contributed by atoms with Crippen molar-refractivity contribution in [2.75, 3.05) is 18.4 Å². The van der Waals surface area contributed by atoms with Gasteiger partial charge in [0.05, 0.1) is 6.54 Å². The number of hydrogen-bond acceptors (Lipinski definition) is 4. The molecule has 3 amide bonds. The van der Waals surface area contributed by atoms with E-state index in [0.717, 1.165) is 37.7 Å². The van der Waals surface area contributed by atoms with E-state index in [1.807, 2.05) is 32.0 Å². The maximum absolute atomic E-state index is 13.0. The minimum absolute atomic E-state index is 0.0331. The molecule has 1 aliphatic heterocycles. The zero-order chi connectivity index (χ0) is 26.3. The molecule has 196 valence electrons. The quantitative estimate of drug-likeness (QED) is 0.428. The van der Waals surface area contributed by atoms with Crippen LogP contribution in [0.15, 0.2) is 48.5 Å². The fraction of sp³-hybridized carbons (Fsp3) is 0.483. The van der Waals surface area contributed by atoms with E-state index >= 15 is 0 Å². The van der Waals surface area contributed by atoms with E-state index in [1.165, 1.54) is 11.1 Å². The lowest BCUT2D eigenvalue weighted by atomic mass is 10.1. The number of hydrogen-bond donors (Lipinski definition) is 3. The summed E-state index contributed by atoms with van der Waals surface area (Å²) in [6.07, 6.45) is 5.28. The van der Waals surface area contributed by atoms with Gasteiger partial charge in [-0.05, 0) is 68.7 Å². The number of nitrogens with one attached hydrogen (secondary N) is 2. The predicted molar refractivity (Wildman–Crippen MR) is 145 cm³/mol. The van der Waals surface area contributed by atoms with Crippen molar-refractivity contribution in [2.45, 2.75) is 78.3 Å². The smallest absolute Gasteiger partial charge is 0.245 e. The lowest BCUT2D eigenvalue weighted by Gasteiger charge is -2.24. The molecule has 0 aromatic heterocycles. The van der Waals surface area contributed by atoms with E-state index in [4.69, 9.17) is 5.73 Å². The Balaban J connectivity index is 0.00000222. The Kier molecular flexibility index (Phi) is 12.7. The molecule has 7 heteroatoms. The van der Waals surface area contributed by atoms with Crippen LogP contribution in [0.2, 0.25) is 0 Å². The highest BCUT2D eigenvalue weighted by molar-refractivity contribution is 5.96. The van der Waals surface area contributed by atoms with Crippen molar-refractivity contribution in [1.29, 1.82) is 0 Å². The summed E-state index contributed by atoms with van der Waals surface area (Å²) in [6, 6.07) is 15.2. The van der Waals surface area contributed by atoms with Crippen molar-refractivity contribution in [2.24, 2.45) is 5.73 Å². The second-order valence-corrected chi connectivity index (χ2v) is 9.02. The second kappa shape index (κ2) is 15.7. The zero-order valence-corrected chi connectivity index (χ0v) is 22.0. The van der Waals surface area contributed by atoms with E-state index in [0.29, 0.717) is 31.6 Å². The van der Waals surface area contributed by atoms with Crippen LogP contribution in [0.1, 0.15) is 69.1 Å². The number of amides is 3. The van der Waals surface area contributed by atoms with Crippen LogP contribution in [0.3, 0.4) is 0 Å². The summed E-state index contributed by atoms with van der Waals surface area (Å²) >= 11 is 0. The number of nitrogens with zero attached hydrogens (tertiary/aromatic N) is 1. The first-order valence-electron chi connectivity index (χ1n) is 13.2. The van der Waals surface area contributed by atoms with Crippen molar-refractivity contribution in [3.8, 4) is 0 Å². The molecular weight excluding hydrogens is 452 g/mol. The van der Waals surface area contributed by atoms with Crippen molar-refractivity contribution in [1.82, 2.24) is 10.2 Å². The van der Waals surface area contributed by atoms with Gasteiger partial charge in [-0.1, -0.05) is 55.8 Å². The fourth-order valence-corrected chi connectivity index (χ4v) is 4.18. The van der Waals surface area contributed by atoms with Gasteiger partial charge in [-0.3, -0.25) is 14.4 Å². The lowest BCUT2D eigenvalue weighted by Crippen LogP contribution is -2.49. The fourth-order valence-electron chi connectivity index (χ4n) is 4.18. The van der Waals surface area contributed by atoms with E-state index in [9.17, 15) is 14.4 Å². The van der Waals surface area contributed by atoms with E-state index in [2.05, 4.69) is 41.8 Å². The van der Waals surface area contributed by atoms with Crippen LogP contribution < -0.4 is 16.4 Å². The minimum atomic E-state index is -0.569. The van der Waals surface area contributed by atoms with Crippen molar-refractivity contribution < 1.29 is 14.4 Å². The highest BCUT2D eigenvalue weighted by Gasteiger charge is 2.29. The first-order valence-corrected chi connectivity index (χ1v) is 13.2. The molecule has 0 bridgehead atoms. The zero-order valence-electron chi connectivity index (χ0n) is 22.0. The number of aryl methyl sites for hydroxylation is 2. The number of carbonyl (C=O) groups excluding carboxylic acids is 3. The summed E-state index contributed by atoms with van der Waals surface area (Å²) in [5, 5.41) is 5.74. The lowest BCUT2D eigenvalue weighted by molar-refractivity contribution is -0.138. The molecular formula is C29H42N4O3. The molecule has 36 heavy (non-hydrogen) atoms. The molecule has 0 aliphatic carbocycles. The normalized spacial score (nSPS) is 15.4. The Morgan fingerprint density at radius 2 is 1.75 bits per heavy atom. The van der Waals surface area contributed by atoms with Gasteiger partial charge < -0.3 is 21.3 Å². The molecule has 1 atom stereocenters. The van der Waals surface area contributed by atoms with Crippen LogP contribution in [0.4, 0.5) is 5.69 Å². The second-order valence-electron chi connectivity index (χ2n) is 9.02. The van der Waals surface area contributed by atoms with Gasteiger partial charge in [0, 0.05) is 25.2 Å². The van der Waals surface area contributed by atoms with Crippen LogP contribution in [0.25, 0.3) is 0 Å². The molecule has 0 spiro atoms. The average Bonchev–Trinajstić information content (AvgIpc) is 3.05. The van der Waals surface area contributed by atoms with Gasteiger partial charge in [0.15, 0.2) is 0 Å². The van der Waals surface area contributed by atoms with E-state index in [1.54, 1.807) is 11.0 Å². The first kappa shape index (κ1) is 29.0. The van der Waals surface area contributed by atoms with Gasteiger partial charge in [0.25, 0.3) is 0 Å². The van der Waals surface area contributed by atoms with E-state index < -0.39 is 6.04 Å². The van der Waals surface area contributed by atoms with Crippen LogP contribution in [-0.2, 0) is 27.3 Å². The Morgan fingerprint density at radius 3 is 2.47 bits per heavy atom. The minimum Gasteiger partial charge on any atom is -0.344 e. The molecule has 1 heterocycles. The SMILES string of the molecule is CC.Cc1ccc(CCCCC(=O)NC2CCCCN(CC(=O)Nc3cccc(CN)c3)C2=O)cc1. The standard InChI is InChI=1S/C27H36N4O3.C2H6/c1-20-12-14-21(15-13-20)7-2-3-11-25(32)30-24-10-4-5-16-31(27(24)34)19-26(33)29-23-9-6-8-22(17-23)18-28;1-2/h6,8-9,12-15,17,24H,2-5,7,10-11,16,18-19,28H2,1H3,(H,29,33)(H,30,32);1-2H3. The molecule has 3 rings (SSSR count). The Morgan fingerprint density at radius 1 is 1.00 bits per heavy atom. The summed E-state index contributed by atoms with van der Waals surface area (Å²) in [6.45, 7) is 6.94. The van der Waals surface area contributed by atoms with Gasteiger partial charge in [-0.15, -0.1) is 0 Å². The average molecular weight is 495 g/mol. The van der Waals surface area contributed by atoms with Crippen LogP contribution in [0.5, 0.6) is 0 Å². The number of benzene rings is 2. The van der Waals surface area contributed by atoms with Crippen LogP contribution in [0, 0.1) is 6.92 Å². The van der Waals surface area contributed by atoms with Gasteiger partial charge in [-0.25, -0.2) is 0 Å². The molecule has 2 aromatic carbocycles. The summed E-state index contributed by atoms with van der Waals surface area (Å²) < 4.78 is 0. The maximum atomic E-state index is 13.0. The largest absolute Gasteiger partial charge is 0.344 e. The number of rotatable bonds is 10. The van der Waals surface area contributed by atoms with E-state index in [-0.39, 0.29) is 24.3 Å². The van der Waals surface area contributed by atoms with Crippen molar-refractivity contribution in [3.05, 3.63) is 65.2 Å². The third kappa shape index (κ3) is 9.82. The molecule has 1 unspecified atom stereocenters. The molecule has 2 aromatic rings. The molecule has 1 fully saturated rings. The highest BCUT2D eigenvalue weighted by atomic mass is 16.2. The molecule has 4 N–H and O–H groups in total. The van der Waals surface area contributed by atoms with Crippen LogP contribution in [-0.4, -0.2) is 41.8 Å². The third-order valence-corrected chi connectivity index (χ3v) is 6.14. The third-order valence-electron chi connectivity index (χ3n) is 6.14. The first-order chi connectivity index (χ1) is 17.4. The summed E-state index contributed by atoms with van der Waals surface area (Å²) in [5.41, 5.74) is 9.75. The van der Waals surface area contributed by atoms with Gasteiger partial charge in [-0.2, -0.15) is 0 Å². The van der Waals surface area contributed by atoms with Crippen molar-refractivity contribution in [3.63, 3.8) is 0 Å². The van der Waals surface area contributed by atoms with Gasteiger partial charge in [0.2, 0.25) is 17.7 Å². The predicted octanol–water partition coefficient (Wildman–Crippen LogP) is 4.33. The van der Waals surface area contributed by atoms with Gasteiger partial charge >= 0.3 is 0 Å². The summed E-state index contributed by atoms with van der Waals surface area (Å²) in [4.78, 5) is 39.6. The van der Waals surface area contributed by atoms with Crippen molar-refractivity contribution >= 4 is 23.4 Å².